The van der Waals surface area contributed by atoms with E-state index in [4.69, 9.17) is 11.6 Å². The molecule has 0 saturated carbocycles. The number of unbranched alkanes of at least 4 members (excludes halogenated alkanes) is 1. The number of thioether (sulfide) groups is 1. The first-order valence-corrected chi connectivity index (χ1v) is 6.40. The first-order chi connectivity index (χ1) is 7.26. The molecule has 0 saturated heterocycles. The highest BCUT2D eigenvalue weighted by Gasteiger charge is 2.04. The van der Waals surface area contributed by atoms with Gasteiger partial charge in [0.2, 0.25) is 11.2 Å². The van der Waals surface area contributed by atoms with Crippen LogP contribution in [0.25, 0.3) is 0 Å². The van der Waals surface area contributed by atoms with Crippen LogP contribution < -0.4 is 5.32 Å². The summed E-state index contributed by atoms with van der Waals surface area (Å²) in [4.78, 5) is 12.3. The zero-order valence-electron chi connectivity index (χ0n) is 8.96. The van der Waals surface area contributed by atoms with Gasteiger partial charge in [-0.25, -0.2) is 0 Å². The topological polar surface area (TPSA) is 50.7 Å². The highest BCUT2D eigenvalue weighted by molar-refractivity contribution is 7.99. The Morgan fingerprint density at radius 2 is 2.07 bits per heavy atom. The Hall–Kier alpha value is -0.550. The van der Waals surface area contributed by atoms with E-state index in [2.05, 4.69) is 27.2 Å². The highest BCUT2D eigenvalue weighted by atomic mass is 35.5. The van der Waals surface area contributed by atoms with Crippen LogP contribution in [-0.2, 0) is 0 Å². The molecule has 0 amide bonds. The van der Waals surface area contributed by atoms with Crippen LogP contribution in [-0.4, -0.2) is 27.2 Å². The summed E-state index contributed by atoms with van der Waals surface area (Å²) in [7, 11) is 0. The Balaban J connectivity index is 2.62. The minimum Gasteiger partial charge on any atom is -0.354 e. The van der Waals surface area contributed by atoms with E-state index in [1.807, 2.05) is 6.92 Å². The molecule has 4 nitrogen and oxygen atoms in total. The maximum Gasteiger partial charge on any atom is 0.228 e. The van der Waals surface area contributed by atoms with Crippen molar-refractivity contribution in [3.05, 3.63) is 5.28 Å². The molecular weight excluding hydrogens is 232 g/mol. The average Bonchev–Trinajstić information content (AvgIpc) is 2.18. The standard InChI is InChI=1S/C9H15ClN4S/c1-3-5-6-15-9-13-7(10)12-8(14-9)11-4-2/h3-6H2,1-2H3,(H,11,12,13,14). The molecule has 1 N–H and O–H groups in total. The SMILES string of the molecule is CCCCSc1nc(Cl)nc(NCC)n1. The maximum absolute atomic E-state index is 5.78. The van der Waals surface area contributed by atoms with Crippen LogP contribution in [0, 0.1) is 0 Å². The van der Waals surface area contributed by atoms with Gasteiger partial charge in [-0.15, -0.1) is 0 Å². The lowest BCUT2D eigenvalue weighted by molar-refractivity contribution is 0.875. The molecule has 0 aliphatic carbocycles. The van der Waals surface area contributed by atoms with Crippen molar-refractivity contribution in [1.29, 1.82) is 0 Å². The number of hydrogen-bond acceptors (Lipinski definition) is 5. The van der Waals surface area contributed by atoms with E-state index in [9.17, 15) is 0 Å². The molecule has 6 heteroatoms. The molecule has 0 spiro atoms. The normalized spacial score (nSPS) is 10.3. The molecule has 0 atom stereocenters. The number of aromatic nitrogens is 3. The van der Waals surface area contributed by atoms with Gasteiger partial charge in [-0.3, -0.25) is 0 Å². The van der Waals surface area contributed by atoms with E-state index in [1.54, 1.807) is 11.8 Å². The van der Waals surface area contributed by atoms with Crippen LogP contribution in [0.3, 0.4) is 0 Å². The summed E-state index contributed by atoms with van der Waals surface area (Å²) in [5, 5.41) is 3.96. The smallest absolute Gasteiger partial charge is 0.228 e. The maximum atomic E-state index is 5.78. The predicted molar refractivity (Wildman–Crippen MR) is 64.6 cm³/mol. The number of nitrogens with zero attached hydrogens (tertiary/aromatic N) is 3. The molecule has 0 fully saturated rings. The average molecular weight is 247 g/mol. The van der Waals surface area contributed by atoms with Crippen molar-refractivity contribution in [3.63, 3.8) is 0 Å². The monoisotopic (exact) mass is 246 g/mol. The zero-order chi connectivity index (χ0) is 11.1. The zero-order valence-corrected chi connectivity index (χ0v) is 10.5. The Morgan fingerprint density at radius 3 is 2.73 bits per heavy atom. The van der Waals surface area contributed by atoms with Gasteiger partial charge < -0.3 is 5.32 Å². The minimum absolute atomic E-state index is 0.250. The lowest BCUT2D eigenvalue weighted by atomic mass is 10.4. The summed E-state index contributed by atoms with van der Waals surface area (Å²) >= 11 is 7.40. The number of halogens is 1. The third kappa shape index (κ3) is 4.66. The molecular formula is C9H15ClN4S. The first-order valence-electron chi connectivity index (χ1n) is 5.04. The lowest BCUT2D eigenvalue weighted by Gasteiger charge is -2.03. The van der Waals surface area contributed by atoms with Crippen LogP contribution in [0.15, 0.2) is 5.16 Å². The fourth-order valence-electron chi connectivity index (χ4n) is 0.941. The van der Waals surface area contributed by atoms with Crippen molar-refractivity contribution >= 4 is 29.3 Å². The van der Waals surface area contributed by atoms with Crippen molar-refractivity contribution in [1.82, 2.24) is 15.0 Å². The summed E-state index contributed by atoms with van der Waals surface area (Å²) in [6.45, 7) is 4.92. The Morgan fingerprint density at radius 1 is 1.27 bits per heavy atom. The van der Waals surface area contributed by atoms with Gasteiger partial charge in [-0.05, 0) is 24.9 Å². The van der Waals surface area contributed by atoms with E-state index in [0.29, 0.717) is 11.1 Å². The molecule has 0 unspecified atom stereocenters. The van der Waals surface area contributed by atoms with Crippen molar-refractivity contribution in [2.45, 2.75) is 31.8 Å². The van der Waals surface area contributed by atoms with Gasteiger partial charge in [0, 0.05) is 12.3 Å². The van der Waals surface area contributed by atoms with E-state index >= 15 is 0 Å². The van der Waals surface area contributed by atoms with Gasteiger partial charge in [0.25, 0.3) is 0 Å². The largest absolute Gasteiger partial charge is 0.354 e. The second-order valence-electron chi connectivity index (χ2n) is 2.94. The van der Waals surface area contributed by atoms with Crippen LogP contribution in [0.1, 0.15) is 26.7 Å². The number of rotatable bonds is 6. The molecule has 0 bridgehead atoms. The van der Waals surface area contributed by atoms with Gasteiger partial charge >= 0.3 is 0 Å². The molecule has 0 aliphatic rings. The third-order valence-electron chi connectivity index (χ3n) is 1.65. The van der Waals surface area contributed by atoms with Crippen LogP contribution >= 0.6 is 23.4 Å². The molecule has 0 aromatic carbocycles. The first kappa shape index (κ1) is 12.5. The molecule has 0 aliphatic heterocycles. The quantitative estimate of drug-likeness (QED) is 0.618. The van der Waals surface area contributed by atoms with Crippen molar-refractivity contribution in [3.8, 4) is 0 Å². The van der Waals surface area contributed by atoms with Gasteiger partial charge in [0.05, 0.1) is 0 Å². The lowest BCUT2D eigenvalue weighted by Crippen LogP contribution is -2.04. The summed E-state index contributed by atoms with van der Waals surface area (Å²) in [6, 6.07) is 0. The van der Waals surface area contributed by atoms with E-state index in [0.717, 1.165) is 18.7 Å². The predicted octanol–water partition coefficient (Wildman–Crippen LogP) is 2.85. The summed E-state index contributed by atoms with van der Waals surface area (Å²) in [6.07, 6.45) is 2.33. The third-order valence-corrected chi connectivity index (χ3v) is 2.75. The van der Waals surface area contributed by atoms with E-state index < -0.39 is 0 Å². The fraction of sp³-hybridized carbons (Fsp3) is 0.667. The van der Waals surface area contributed by atoms with Gasteiger partial charge in [-0.2, -0.15) is 15.0 Å². The van der Waals surface area contributed by atoms with Gasteiger partial charge in [-0.1, -0.05) is 25.1 Å². The molecule has 0 radical (unpaired) electrons. The van der Waals surface area contributed by atoms with E-state index in [-0.39, 0.29) is 5.28 Å². The fourth-order valence-corrected chi connectivity index (χ4v) is 2.07. The Kier molecular flexibility index (Phi) is 5.71. The molecule has 84 valence electrons. The summed E-state index contributed by atoms with van der Waals surface area (Å²) in [5.41, 5.74) is 0. The van der Waals surface area contributed by atoms with Gasteiger partial charge in [0.1, 0.15) is 0 Å². The number of hydrogen-bond donors (Lipinski definition) is 1. The summed E-state index contributed by atoms with van der Waals surface area (Å²) < 4.78 is 0. The van der Waals surface area contributed by atoms with Crippen molar-refractivity contribution in [2.24, 2.45) is 0 Å². The van der Waals surface area contributed by atoms with Crippen molar-refractivity contribution < 1.29 is 0 Å². The van der Waals surface area contributed by atoms with Crippen LogP contribution in [0.2, 0.25) is 5.28 Å². The molecule has 1 aromatic rings. The Bertz CT molecular complexity index is 308. The van der Waals surface area contributed by atoms with E-state index in [1.165, 1.54) is 6.42 Å². The second-order valence-corrected chi connectivity index (χ2v) is 4.34. The molecule has 1 rings (SSSR count). The summed E-state index contributed by atoms with van der Waals surface area (Å²) in [5.74, 6) is 1.57. The molecule has 1 aromatic heterocycles. The van der Waals surface area contributed by atoms with Crippen LogP contribution in [0.4, 0.5) is 5.95 Å². The van der Waals surface area contributed by atoms with Gasteiger partial charge in [0.15, 0.2) is 5.16 Å². The second kappa shape index (κ2) is 6.85. The van der Waals surface area contributed by atoms with Crippen LogP contribution in [0.5, 0.6) is 0 Å². The highest BCUT2D eigenvalue weighted by Crippen LogP contribution is 2.17. The number of anilines is 1. The Labute approximate surface area is 99.3 Å². The minimum atomic E-state index is 0.250. The molecule has 15 heavy (non-hydrogen) atoms. The number of nitrogens with one attached hydrogen (secondary N) is 1. The molecule has 1 heterocycles. The van der Waals surface area contributed by atoms with Crippen molar-refractivity contribution in [2.75, 3.05) is 17.6 Å².